The number of nitrogens with two attached hydrogens (primary N) is 1. The molecule has 1 heterocycles. The highest BCUT2D eigenvalue weighted by Crippen LogP contribution is 2.28. The summed E-state index contributed by atoms with van der Waals surface area (Å²) in [5.41, 5.74) is 8.88. The minimum atomic E-state index is 0.218. The Labute approximate surface area is 64.1 Å². The largest absolute Gasteiger partial charge is 0.323 e. The second-order valence-electron chi connectivity index (χ2n) is 2.66. The maximum atomic E-state index is 5.83. The summed E-state index contributed by atoms with van der Waals surface area (Å²) in [5, 5.41) is 0. The molecule has 0 bridgehead atoms. The highest BCUT2D eigenvalue weighted by atomic mass is 32.1. The number of rotatable bonds is 0. The summed E-state index contributed by atoms with van der Waals surface area (Å²) in [6.45, 7) is 0. The van der Waals surface area contributed by atoms with Crippen LogP contribution in [0, 0.1) is 0 Å². The predicted molar refractivity (Wildman–Crippen MR) is 42.0 cm³/mol. The lowest BCUT2D eigenvalue weighted by atomic mass is 9.99. The van der Waals surface area contributed by atoms with Gasteiger partial charge in [-0.25, -0.2) is 4.98 Å². The van der Waals surface area contributed by atoms with Crippen molar-refractivity contribution in [2.45, 2.75) is 25.3 Å². The standard InChI is InChI=1S/C7H10N2S/c8-5-2-1-3-6-7(5)9-4-10-6/h4-5H,1-3,8H2/t5-/m0/s1. The molecule has 1 aromatic rings. The smallest absolute Gasteiger partial charge is 0.0798 e. The van der Waals surface area contributed by atoms with Crippen LogP contribution >= 0.6 is 11.3 Å². The molecule has 0 saturated carbocycles. The van der Waals surface area contributed by atoms with Gasteiger partial charge in [0, 0.05) is 10.9 Å². The summed E-state index contributed by atoms with van der Waals surface area (Å²) in [6, 6.07) is 0.218. The van der Waals surface area contributed by atoms with Crippen molar-refractivity contribution < 1.29 is 0 Å². The zero-order chi connectivity index (χ0) is 6.97. The van der Waals surface area contributed by atoms with E-state index in [9.17, 15) is 0 Å². The van der Waals surface area contributed by atoms with Gasteiger partial charge in [0.2, 0.25) is 0 Å². The highest BCUT2D eigenvalue weighted by molar-refractivity contribution is 7.09. The fourth-order valence-electron chi connectivity index (χ4n) is 1.39. The van der Waals surface area contributed by atoms with Crippen molar-refractivity contribution in [1.29, 1.82) is 0 Å². The lowest BCUT2D eigenvalue weighted by Gasteiger charge is -2.15. The first-order valence-corrected chi connectivity index (χ1v) is 4.44. The Balaban J connectivity index is 2.41. The molecular weight excluding hydrogens is 144 g/mol. The fourth-order valence-corrected chi connectivity index (χ4v) is 2.27. The van der Waals surface area contributed by atoms with Gasteiger partial charge in [0.1, 0.15) is 0 Å². The molecule has 1 atom stereocenters. The van der Waals surface area contributed by atoms with Crippen LogP contribution < -0.4 is 5.73 Å². The van der Waals surface area contributed by atoms with Crippen molar-refractivity contribution in [1.82, 2.24) is 4.98 Å². The van der Waals surface area contributed by atoms with Gasteiger partial charge < -0.3 is 5.73 Å². The zero-order valence-electron chi connectivity index (χ0n) is 5.71. The van der Waals surface area contributed by atoms with Crippen LogP contribution in [0.1, 0.15) is 29.5 Å². The number of fused-ring (bicyclic) bond motifs is 1. The number of hydrogen-bond donors (Lipinski definition) is 1. The van der Waals surface area contributed by atoms with Crippen LogP contribution in [-0.2, 0) is 6.42 Å². The van der Waals surface area contributed by atoms with E-state index in [0.717, 1.165) is 12.1 Å². The van der Waals surface area contributed by atoms with E-state index in [4.69, 9.17) is 5.73 Å². The van der Waals surface area contributed by atoms with Crippen LogP contribution in [0.4, 0.5) is 0 Å². The van der Waals surface area contributed by atoms with E-state index in [1.54, 1.807) is 11.3 Å². The van der Waals surface area contributed by atoms with Crippen LogP contribution in [0.15, 0.2) is 5.51 Å². The molecule has 0 fully saturated rings. The normalized spacial score (nSPS) is 24.3. The molecule has 1 aliphatic carbocycles. The van der Waals surface area contributed by atoms with Crippen molar-refractivity contribution in [2.24, 2.45) is 5.73 Å². The maximum Gasteiger partial charge on any atom is 0.0798 e. The summed E-state index contributed by atoms with van der Waals surface area (Å²) in [7, 11) is 0. The molecule has 2 nitrogen and oxygen atoms in total. The SMILES string of the molecule is N[C@H]1CCCc2scnc21. The number of hydrogen-bond acceptors (Lipinski definition) is 3. The van der Waals surface area contributed by atoms with Crippen molar-refractivity contribution in [3.8, 4) is 0 Å². The maximum absolute atomic E-state index is 5.83. The van der Waals surface area contributed by atoms with E-state index in [0.29, 0.717) is 0 Å². The van der Waals surface area contributed by atoms with Gasteiger partial charge in [0.05, 0.1) is 11.2 Å². The molecule has 0 aliphatic heterocycles. The Hall–Kier alpha value is -0.410. The van der Waals surface area contributed by atoms with Gasteiger partial charge >= 0.3 is 0 Å². The minimum Gasteiger partial charge on any atom is -0.323 e. The molecule has 1 aromatic heterocycles. The molecule has 0 unspecified atom stereocenters. The highest BCUT2D eigenvalue weighted by Gasteiger charge is 2.18. The third-order valence-electron chi connectivity index (χ3n) is 1.94. The first-order chi connectivity index (χ1) is 4.88. The van der Waals surface area contributed by atoms with E-state index in [2.05, 4.69) is 4.98 Å². The monoisotopic (exact) mass is 154 g/mol. The summed E-state index contributed by atoms with van der Waals surface area (Å²) < 4.78 is 0. The number of aromatic nitrogens is 1. The minimum absolute atomic E-state index is 0.218. The van der Waals surface area contributed by atoms with Crippen molar-refractivity contribution in [3.05, 3.63) is 16.1 Å². The third-order valence-corrected chi connectivity index (χ3v) is 2.85. The lowest BCUT2D eigenvalue weighted by molar-refractivity contribution is 0.564. The molecule has 0 radical (unpaired) electrons. The van der Waals surface area contributed by atoms with Gasteiger partial charge in [0.25, 0.3) is 0 Å². The van der Waals surface area contributed by atoms with E-state index >= 15 is 0 Å². The molecule has 2 rings (SSSR count). The van der Waals surface area contributed by atoms with Gasteiger partial charge in [-0.1, -0.05) is 0 Å². The van der Waals surface area contributed by atoms with Crippen LogP contribution in [0.25, 0.3) is 0 Å². The quantitative estimate of drug-likeness (QED) is 0.614. The van der Waals surface area contributed by atoms with Crippen LogP contribution in [0.5, 0.6) is 0 Å². The molecular formula is C7H10N2S. The third kappa shape index (κ3) is 0.859. The van der Waals surface area contributed by atoms with Crippen LogP contribution in [-0.4, -0.2) is 4.98 Å². The van der Waals surface area contributed by atoms with Crippen LogP contribution in [0.3, 0.4) is 0 Å². The van der Waals surface area contributed by atoms with Crippen molar-refractivity contribution >= 4 is 11.3 Å². The molecule has 1 aliphatic rings. The second kappa shape index (κ2) is 2.32. The van der Waals surface area contributed by atoms with E-state index in [1.165, 1.54) is 17.7 Å². The van der Waals surface area contributed by atoms with E-state index in [-0.39, 0.29) is 6.04 Å². The second-order valence-corrected chi connectivity index (χ2v) is 3.60. The zero-order valence-corrected chi connectivity index (χ0v) is 6.53. The number of nitrogens with zero attached hydrogens (tertiary/aromatic N) is 1. The Kier molecular flexibility index (Phi) is 1.47. The lowest BCUT2D eigenvalue weighted by Crippen LogP contribution is -2.16. The first kappa shape index (κ1) is 6.31. The van der Waals surface area contributed by atoms with Gasteiger partial charge in [-0.05, 0) is 19.3 Å². The molecule has 0 amide bonds. The molecule has 10 heavy (non-hydrogen) atoms. The van der Waals surface area contributed by atoms with E-state index in [1.807, 2.05) is 5.51 Å². The Morgan fingerprint density at radius 2 is 2.60 bits per heavy atom. The van der Waals surface area contributed by atoms with Crippen molar-refractivity contribution in [3.63, 3.8) is 0 Å². The Bertz CT molecular complexity index is 231. The average Bonchev–Trinajstić information content (AvgIpc) is 2.36. The Morgan fingerprint density at radius 1 is 1.70 bits per heavy atom. The molecule has 54 valence electrons. The predicted octanol–water partition coefficient (Wildman–Crippen LogP) is 1.48. The summed E-state index contributed by atoms with van der Waals surface area (Å²) >= 11 is 1.74. The van der Waals surface area contributed by atoms with Crippen LogP contribution in [0.2, 0.25) is 0 Å². The van der Waals surface area contributed by atoms with Gasteiger partial charge in [-0.15, -0.1) is 11.3 Å². The average molecular weight is 154 g/mol. The van der Waals surface area contributed by atoms with Gasteiger partial charge in [0.15, 0.2) is 0 Å². The molecule has 0 aromatic carbocycles. The molecule has 0 spiro atoms. The summed E-state index contributed by atoms with van der Waals surface area (Å²) in [6.07, 6.45) is 3.53. The fraction of sp³-hybridized carbons (Fsp3) is 0.571. The van der Waals surface area contributed by atoms with Gasteiger partial charge in [-0.3, -0.25) is 0 Å². The van der Waals surface area contributed by atoms with Gasteiger partial charge in [-0.2, -0.15) is 0 Å². The van der Waals surface area contributed by atoms with E-state index < -0.39 is 0 Å². The van der Waals surface area contributed by atoms with Crippen molar-refractivity contribution in [2.75, 3.05) is 0 Å². The molecule has 2 N–H and O–H groups in total. The summed E-state index contributed by atoms with van der Waals surface area (Å²) in [5.74, 6) is 0. The molecule has 3 heteroatoms. The number of aryl methyl sites for hydroxylation is 1. The Morgan fingerprint density at radius 3 is 3.40 bits per heavy atom. The molecule has 0 saturated heterocycles. The topological polar surface area (TPSA) is 38.9 Å². The summed E-state index contributed by atoms with van der Waals surface area (Å²) in [4.78, 5) is 5.63. The first-order valence-electron chi connectivity index (χ1n) is 3.56. The number of thiazole rings is 1.